The van der Waals surface area contributed by atoms with E-state index in [1.807, 2.05) is 6.07 Å². The van der Waals surface area contributed by atoms with Gasteiger partial charge in [-0.05, 0) is 25.9 Å². The summed E-state index contributed by atoms with van der Waals surface area (Å²) in [6, 6.07) is 2.00. The Labute approximate surface area is 106 Å². The minimum Gasteiger partial charge on any atom is -0.376 e. The fourth-order valence-corrected chi connectivity index (χ4v) is 1.91. The number of nitriles is 1. The van der Waals surface area contributed by atoms with Crippen LogP contribution >= 0.6 is 0 Å². The molecular weight excluding hydrogens is 230 g/mol. The molecule has 2 heterocycles. The smallest absolute Gasteiger partial charge is 0.182 e. The van der Waals surface area contributed by atoms with Crippen molar-refractivity contribution in [3.8, 4) is 6.07 Å². The van der Waals surface area contributed by atoms with Gasteiger partial charge >= 0.3 is 0 Å². The van der Waals surface area contributed by atoms with Crippen LogP contribution in [0.2, 0.25) is 0 Å². The zero-order valence-electron chi connectivity index (χ0n) is 10.2. The molecule has 18 heavy (non-hydrogen) atoms. The molecule has 1 aliphatic heterocycles. The van der Waals surface area contributed by atoms with Crippen LogP contribution in [0.3, 0.4) is 0 Å². The van der Waals surface area contributed by atoms with E-state index < -0.39 is 0 Å². The monoisotopic (exact) mass is 247 g/mol. The van der Waals surface area contributed by atoms with Crippen LogP contribution in [0.25, 0.3) is 0 Å². The molecule has 6 heteroatoms. The summed E-state index contributed by atoms with van der Waals surface area (Å²) < 4.78 is 5.74. The highest BCUT2D eigenvalue weighted by molar-refractivity contribution is 5.46. The van der Waals surface area contributed by atoms with Gasteiger partial charge < -0.3 is 15.4 Å². The van der Waals surface area contributed by atoms with E-state index in [4.69, 9.17) is 10.00 Å². The van der Waals surface area contributed by atoms with Gasteiger partial charge in [0.05, 0.1) is 12.7 Å². The molecule has 0 atom stereocenters. The Kier molecular flexibility index (Phi) is 4.88. The lowest BCUT2D eigenvalue weighted by Crippen LogP contribution is -2.33. The summed E-state index contributed by atoms with van der Waals surface area (Å²) in [6.07, 6.45) is 5.56. The van der Waals surface area contributed by atoms with E-state index in [1.54, 1.807) is 6.20 Å². The van der Waals surface area contributed by atoms with Crippen LogP contribution in [-0.4, -0.2) is 42.3 Å². The third kappa shape index (κ3) is 3.65. The molecule has 1 fully saturated rings. The summed E-state index contributed by atoms with van der Waals surface area (Å²) >= 11 is 0. The molecular formula is C12H17N5O. The average Bonchev–Trinajstić information content (AvgIpc) is 2.45. The van der Waals surface area contributed by atoms with Gasteiger partial charge in [-0.3, -0.25) is 0 Å². The van der Waals surface area contributed by atoms with Gasteiger partial charge in [-0.25, -0.2) is 9.97 Å². The molecule has 1 aromatic heterocycles. The molecule has 96 valence electrons. The van der Waals surface area contributed by atoms with E-state index in [0.717, 1.165) is 25.9 Å². The highest BCUT2D eigenvalue weighted by Gasteiger charge is 2.12. The van der Waals surface area contributed by atoms with Gasteiger partial charge in [0.1, 0.15) is 6.07 Å². The van der Waals surface area contributed by atoms with Gasteiger partial charge in [0.2, 0.25) is 0 Å². The van der Waals surface area contributed by atoms with Gasteiger partial charge in [0.25, 0.3) is 0 Å². The number of hydrogen-bond acceptors (Lipinski definition) is 6. The number of ether oxygens (including phenoxy) is 1. The van der Waals surface area contributed by atoms with E-state index >= 15 is 0 Å². The third-order valence-electron chi connectivity index (χ3n) is 2.84. The van der Waals surface area contributed by atoms with Gasteiger partial charge in [0, 0.05) is 18.9 Å². The van der Waals surface area contributed by atoms with Crippen molar-refractivity contribution in [1.82, 2.24) is 15.3 Å². The zero-order valence-corrected chi connectivity index (χ0v) is 10.2. The number of aromatic nitrogens is 2. The molecule has 1 aromatic rings. The van der Waals surface area contributed by atoms with Crippen molar-refractivity contribution in [2.24, 2.45) is 0 Å². The normalized spacial score (nSPS) is 16.2. The predicted molar refractivity (Wildman–Crippen MR) is 67.1 cm³/mol. The first kappa shape index (κ1) is 12.7. The Bertz CT molecular complexity index is 411. The van der Waals surface area contributed by atoms with Crippen LogP contribution in [0.15, 0.2) is 12.4 Å². The lowest BCUT2D eigenvalue weighted by Gasteiger charge is -2.23. The minimum atomic E-state index is 0.319. The molecule has 0 bridgehead atoms. The molecule has 1 aliphatic rings. The number of anilines is 1. The molecule has 2 N–H and O–H groups in total. The van der Waals surface area contributed by atoms with Crippen LogP contribution in [0.4, 0.5) is 5.82 Å². The lowest BCUT2D eigenvalue weighted by atomic mass is 10.1. The number of rotatable bonds is 5. The van der Waals surface area contributed by atoms with Crippen molar-refractivity contribution in [3.63, 3.8) is 0 Å². The van der Waals surface area contributed by atoms with E-state index in [9.17, 15) is 0 Å². The van der Waals surface area contributed by atoms with Crippen LogP contribution in [0.1, 0.15) is 18.5 Å². The molecule has 0 aromatic carbocycles. The largest absolute Gasteiger partial charge is 0.376 e. The van der Waals surface area contributed by atoms with Crippen LogP contribution in [0, 0.1) is 11.3 Å². The Morgan fingerprint density at radius 2 is 2.17 bits per heavy atom. The molecule has 0 amide bonds. The van der Waals surface area contributed by atoms with Crippen molar-refractivity contribution in [1.29, 1.82) is 5.26 Å². The maximum absolute atomic E-state index is 8.85. The second kappa shape index (κ2) is 6.89. The molecule has 0 spiro atoms. The summed E-state index contributed by atoms with van der Waals surface area (Å²) in [5.74, 6) is 0.522. The molecule has 1 saturated heterocycles. The van der Waals surface area contributed by atoms with Crippen LogP contribution in [0.5, 0.6) is 0 Å². The maximum Gasteiger partial charge on any atom is 0.182 e. The van der Waals surface area contributed by atoms with Crippen LogP contribution in [-0.2, 0) is 4.74 Å². The van der Waals surface area contributed by atoms with Crippen molar-refractivity contribution >= 4 is 5.82 Å². The molecule has 0 saturated carbocycles. The average molecular weight is 247 g/mol. The van der Waals surface area contributed by atoms with E-state index in [1.165, 1.54) is 6.20 Å². The topological polar surface area (TPSA) is 82.9 Å². The van der Waals surface area contributed by atoms with Crippen molar-refractivity contribution in [2.45, 2.75) is 18.9 Å². The second-order valence-corrected chi connectivity index (χ2v) is 4.11. The van der Waals surface area contributed by atoms with Crippen molar-refractivity contribution < 1.29 is 4.74 Å². The summed E-state index contributed by atoms with van der Waals surface area (Å²) in [4.78, 5) is 8.00. The summed E-state index contributed by atoms with van der Waals surface area (Å²) in [5, 5.41) is 15.2. The SMILES string of the molecule is N#Cc1nccnc1NCCOC1CCNCC1. The third-order valence-corrected chi connectivity index (χ3v) is 2.84. The Balaban J connectivity index is 1.70. The maximum atomic E-state index is 8.85. The molecule has 0 aliphatic carbocycles. The standard InChI is InChI=1S/C12H17N5O/c13-9-11-12(16-6-5-15-11)17-7-8-18-10-1-3-14-4-2-10/h5-6,10,14H,1-4,7-8H2,(H,16,17). The van der Waals surface area contributed by atoms with Crippen molar-refractivity contribution in [3.05, 3.63) is 18.1 Å². The van der Waals surface area contributed by atoms with Gasteiger partial charge in [0.15, 0.2) is 11.5 Å². The Morgan fingerprint density at radius 3 is 2.94 bits per heavy atom. The molecule has 0 unspecified atom stereocenters. The highest BCUT2D eigenvalue weighted by atomic mass is 16.5. The summed E-state index contributed by atoms with van der Waals surface area (Å²) in [7, 11) is 0. The van der Waals surface area contributed by atoms with Gasteiger partial charge in [-0.15, -0.1) is 0 Å². The zero-order chi connectivity index (χ0) is 12.6. The molecule has 2 rings (SSSR count). The van der Waals surface area contributed by atoms with Gasteiger partial charge in [-0.2, -0.15) is 5.26 Å². The molecule has 0 radical (unpaired) electrons. The van der Waals surface area contributed by atoms with E-state index in [-0.39, 0.29) is 0 Å². The number of piperidine rings is 1. The quantitative estimate of drug-likeness (QED) is 0.738. The van der Waals surface area contributed by atoms with Crippen molar-refractivity contribution in [2.75, 3.05) is 31.6 Å². The Morgan fingerprint density at radius 1 is 1.39 bits per heavy atom. The van der Waals surface area contributed by atoms with E-state index in [0.29, 0.717) is 30.8 Å². The lowest BCUT2D eigenvalue weighted by molar-refractivity contribution is 0.0394. The highest BCUT2D eigenvalue weighted by Crippen LogP contribution is 2.08. The fraction of sp³-hybridized carbons (Fsp3) is 0.583. The number of nitrogens with zero attached hydrogens (tertiary/aromatic N) is 3. The van der Waals surface area contributed by atoms with Crippen LogP contribution < -0.4 is 10.6 Å². The first-order valence-corrected chi connectivity index (χ1v) is 6.17. The second-order valence-electron chi connectivity index (χ2n) is 4.11. The summed E-state index contributed by atoms with van der Waals surface area (Å²) in [6.45, 7) is 3.31. The minimum absolute atomic E-state index is 0.319. The molecule has 6 nitrogen and oxygen atoms in total. The van der Waals surface area contributed by atoms with E-state index in [2.05, 4.69) is 20.6 Å². The Hall–Kier alpha value is -1.71. The number of hydrogen-bond donors (Lipinski definition) is 2. The van der Waals surface area contributed by atoms with Gasteiger partial charge in [-0.1, -0.05) is 0 Å². The first-order valence-electron chi connectivity index (χ1n) is 6.17. The summed E-state index contributed by atoms with van der Waals surface area (Å²) in [5.41, 5.74) is 0.319. The number of nitrogens with one attached hydrogen (secondary N) is 2. The first-order chi connectivity index (χ1) is 8.90. The predicted octanol–water partition coefficient (Wildman–Crippen LogP) is 0.529. The fourth-order valence-electron chi connectivity index (χ4n) is 1.91.